The highest BCUT2D eigenvalue weighted by Crippen LogP contribution is 2.49. The summed E-state index contributed by atoms with van der Waals surface area (Å²) in [5, 5.41) is 10.7. The van der Waals surface area contributed by atoms with Gasteiger partial charge in [-0.15, -0.1) is 0 Å². The summed E-state index contributed by atoms with van der Waals surface area (Å²) in [6.07, 6.45) is 1.96. The van der Waals surface area contributed by atoms with Crippen LogP contribution in [0.1, 0.15) is 37.3 Å². The Kier molecular flexibility index (Phi) is 6.26. The topological polar surface area (TPSA) is 54.2 Å². The van der Waals surface area contributed by atoms with E-state index in [2.05, 4.69) is 20.7 Å². The van der Waals surface area contributed by atoms with E-state index in [1.165, 1.54) is 12.1 Å². The third-order valence-electron chi connectivity index (χ3n) is 4.96. The third-order valence-corrected chi connectivity index (χ3v) is 4.96. The zero-order valence-corrected chi connectivity index (χ0v) is 16.0. The number of nitrogens with one attached hydrogen (secondary N) is 2. The van der Waals surface area contributed by atoms with Crippen LogP contribution >= 0.6 is 0 Å². The average molecular weight is 393 g/mol. The quantitative estimate of drug-likeness (QED) is 0.410. The van der Waals surface area contributed by atoms with Crippen molar-refractivity contribution < 1.29 is 13.2 Å². The van der Waals surface area contributed by atoms with E-state index in [4.69, 9.17) is 0 Å². The number of nitrogens with zero attached hydrogens (tertiary/aromatic N) is 3. The Balaban J connectivity index is 1.59. The molecule has 1 saturated carbocycles. The van der Waals surface area contributed by atoms with E-state index in [-0.39, 0.29) is 5.41 Å². The predicted octanol–water partition coefficient (Wildman–Crippen LogP) is 3.58. The molecule has 1 fully saturated rings. The molecular formula is C20H26F3N5. The highest BCUT2D eigenvalue weighted by molar-refractivity contribution is 5.79. The van der Waals surface area contributed by atoms with Crippen LogP contribution in [-0.4, -0.2) is 35.4 Å². The monoisotopic (exact) mass is 393 g/mol. The zero-order chi connectivity index (χ0) is 20.0. The van der Waals surface area contributed by atoms with Crippen molar-refractivity contribution in [1.29, 1.82) is 0 Å². The molecule has 1 aromatic carbocycles. The van der Waals surface area contributed by atoms with Gasteiger partial charge in [-0.3, -0.25) is 9.67 Å². The molecule has 3 rings (SSSR count). The van der Waals surface area contributed by atoms with Crippen molar-refractivity contribution in [3.63, 3.8) is 0 Å². The van der Waals surface area contributed by atoms with E-state index in [1.54, 1.807) is 12.3 Å². The van der Waals surface area contributed by atoms with Crippen LogP contribution in [0.4, 0.5) is 13.2 Å². The smallest absolute Gasteiger partial charge is 0.357 e. The largest absolute Gasteiger partial charge is 0.416 e. The normalized spacial score (nSPS) is 16.1. The van der Waals surface area contributed by atoms with Gasteiger partial charge in [-0.05, 0) is 43.9 Å². The van der Waals surface area contributed by atoms with Gasteiger partial charge in [0.05, 0.1) is 12.1 Å². The van der Waals surface area contributed by atoms with E-state index >= 15 is 0 Å². The summed E-state index contributed by atoms with van der Waals surface area (Å²) in [7, 11) is 0. The van der Waals surface area contributed by atoms with E-state index in [9.17, 15) is 13.2 Å². The molecule has 1 heterocycles. The molecule has 0 amide bonds. The Morgan fingerprint density at radius 3 is 2.71 bits per heavy atom. The number of hydrogen-bond acceptors (Lipinski definition) is 2. The molecule has 0 spiro atoms. The fourth-order valence-electron chi connectivity index (χ4n) is 3.17. The summed E-state index contributed by atoms with van der Waals surface area (Å²) < 4.78 is 40.9. The SMILES string of the molecule is CCNC(=NCC1(c2cccc(C(F)(F)F)c2)CC1)NCCCn1cccn1. The Morgan fingerprint density at radius 1 is 1.25 bits per heavy atom. The van der Waals surface area contributed by atoms with Gasteiger partial charge in [-0.2, -0.15) is 18.3 Å². The number of guanidine groups is 1. The molecule has 1 aromatic heterocycles. The zero-order valence-electron chi connectivity index (χ0n) is 16.0. The molecule has 0 aliphatic heterocycles. The lowest BCUT2D eigenvalue weighted by atomic mass is 9.94. The van der Waals surface area contributed by atoms with E-state index in [1.807, 2.05) is 23.9 Å². The van der Waals surface area contributed by atoms with Gasteiger partial charge >= 0.3 is 6.18 Å². The summed E-state index contributed by atoms with van der Waals surface area (Å²) in [6.45, 7) is 4.74. The molecular weight excluding hydrogens is 367 g/mol. The maximum absolute atomic E-state index is 13.0. The fourth-order valence-corrected chi connectivity index (χ4v) is 3.17. The van der Waals surface area contributed by atoms with E-state index in [0.29, 0.717) is 12.5 Å². The molecule has 2 aromatic rings. The number of aryl methyl sites for hydroxylation is 1. The first-order chi connectivity index (χ1) is 13.4. The van der Waals surface area contributed by atoms with Gasteiger partial charge in [0.15, 0.2) is 5.96 Å². The average Bonchev–Trinajstić information content (AvgIpc) is 3.29. The minimum absolute atomic E-state index is 0.279. The Labute approximate surface area is 163 Å². The molecule has 28 heavy (non-hydrogen) atoms. The molecule has 0 bridgehead atoms. The summed E-state index contributed by atoms with van der Waals surface area (Å²) in [4.78, 5) is 4.64. The van der Waals surface area contributed by atoms with Crippen molar-refractivity contribution in [1.82, 2.24) is 20.4 Å². The highest BCUT2D eigenvalue weighted by atomic mass is 19.4. The second-order valence-electron chi connectivity index (χ2n) is 7.10. The summed E-state index contributed by atoms with van der Waals surface area (Å²) >= 11 is 0. The maximum Gasteiger partial charge on any atom is 0.416 e. The summed E-state index contributed by atoms with van der Waals surface area (Å²) in [5.74, 6) is 0.696. The van der Waals surface area contributed by atoms with Gasteiger partial charge in [0.25, 0.3) is 0 Å². The van der Waals surface area contributed by atoms with Gasteiger partial charge in [0.1, 0.15) is 0 Å². The van der Waals surface area contributed by atoms with Crippen LogP contribution < -0.4 is 10.6 Å². The third kappa shape index (κ3) is 5.27. The van der Waals surface area contributed by atoms with Crippen molar-refractivity contribution in [2.75, 3.05) is 19.6 Å². The molecule has 1 aliphatic rings. The van der Waals surface area contributed by atoms with Crippen molar-refractivity contribution in [2.24, 2.45) is 4.99 Å². The van der Waals surface area contributed by atoms with Crippen molar-refractivity contribution >= 4 is 5.96 Å². The molecule has 152 valence electrons. The van der Waals surface area contributed by atoms with Crippen LogP contribution in [0.25, 0.3) is 0 Å². The van der Waals surface area contributed by atoms with Crippen LogP contribution in [0.3, 0.4) is 0 Å². The van der Waals surface area contributed by atoms with Gasteiger partial charge in [-0.25, -0.2) is 0 Å². The molecule has 1 aliphatic carbocycles. The Hall–Kier alpha value is -2.51. The standard InChI is InChI=1S/C20H26F3N5/c1-2-24-18(25-10-4-12-28-13-5-11-27-28)26-15-19(8-9-19)16-6-3-7-17(14-16)20(21,22)23/h3,5-7,11,13-14H,2,4,8-10,12,15H2,1H3,(H2,24,25,26). The second-order valence-corrected chi connectivity index (χ2v) is 7.10. The van der Waals surface area contributed by atoms with Crippen LogP contribution in [-0.2, 0) is 18.1 Å². The lowest BCUT2D eigenvalue weighted by Gasteiger charge is -2.17. The first kappa shape index (κ1) is 20.2. The summed E-state index contributed by atoms with van der Waals surface area (Å²) in [6, 6.07) is 7.55. The fraction of sp³-hybridized carbons (Fsp3) is 0.500. The molecule has 8 heteroatoms. The van der Waals surface area contributed by atoms with Crippen LogP contribution in [0.5, 0.6) is 0 Å². The molecule has 5 nitrogen and oxygen atoms in total. The molecule has 0 atom stereocenters. The number of benzene rings is 1. The first-order valence-electron chi connectivity index (χ1n) is 9.60. The number of aromatic nitrogens is 2. The first-order valence-corrected chi connectivity index (χ1v) is 9.60. The van der Waals surface area contributed by atoms with Crippen LogP contribution in [0.15, 0.2) is 47.7 Å². The van der Waals surface area contributed by atoms with E-state index in [0.717, 1.165) is 50.5 Å². The summed E-state index contributed by atoms with van der Waals surface area (Å²) in [5.41, 5.74) is -0.150. The number of aliphatic imine (C=N–C) groups is 1. The van der Waals surface area contributed by atoms with Crippen molar-refractivity contribution in [3.05, 3.63) is 53.9 Å². The predicted molar refractivity (Wildman–Crippen MR) is 103 cm³/mol. The van der Waals surface area contributed by atoms with Gasteiger partial charge in [0.2, 0.25) is 0 Å². The van der Waals surface area contributed by atoms with Crippen molar-refractivity contribution in [2.45, 2.75) is 44.3 Å². The minimum Gasteiger partial charge on any atom is -0.357 e. The maximum atomic E-state index is 13.0. The number of alkyl halides is 3. The molecule has 0 radical (unpaired) electrons. The van der Waals surface area contributed by atoms with Crippen LogP contribution in [0, 0.1) is 0 Å². The van der Waals surface area contributed by atoms with Crippen LogP contribution in [0.2, 0.25) is 0 Å². The minimum atomic E-state index is -4.32. The van der Waals surface area contributed by atoms with Crippen molar-refractivity contribution in [3.8, 4) is 0 Å². The second kappa shape index (κ2) is 8.67. The Morgan fingerprint density at radius 2 is 2.07 bits per heavy atom. The lowest BCUT2D eigenvalue weighted by Crippen LogP contribution is -2.38. The molecule has 2 N–H and O–H groups in total. The number of rotatable bonds is 8. The highest BCUT2D eigenvalue weighted by Gasteiger charge is 2.45. The van der Waals surface area contributed by atoms with Gasteiger partial charge < -0.3 is 10.6 Å². The Bertz CT molecular complexity index is 779. The van der Waals surface area contributed by atoms with Gasteiger partial charge in [0, 0.05) is 37.4 Å². The van der Waals surface area contributed by atoms with Gasteiger partial charge in [-0.1, -0.05) is 18.2 Å². The number of halogens is 3. The molecule has 0 unspecified atom stereocenters. The molecule has 0 saturated heterocycles. The number of hydrogen-bond donors (Lipinski definition) is 2. The lowest BCUT2D eigenvalue weighted by molar-refractivity contribution is -0.137. The van der Waals surface area contributed by atoms with E-state index < -0.39 is 11.7 Å².